The Kier molecular flexibility index (Phi) is 5.90. The van der Waals surface area contributed by atoms with Crippen molar-refractivity contribution in [2.24, 2.45) is 5.92 Å². The quantitative estimate of drug-likeness (QED) is 0.715. The van der Waals surface area contributed by atoms with E-state index in [1.165, 1.54) is 19.3 Å². The zero-order valence-corrected chi connectivity index (χ0v) is 12.0. The molecule has 1 fully saturated rings. The maximum absolute atomic E-state index is 9.64. The van der Waals surface area contributed by atoms with Gasteiger partial charge in [0.05, 0.1) is 6.61 Å². The summed E-state index contributed by atoms with van der Waals surface area (Å²) in [6, 6.07) is 0.625. The van der Waals surface area contributed by atoms with E-state index in [-0.39, 0.29) is 12.1 Å². The van der Waals surface area contributed by atoms with Crippen molar-refractivity contribution in [2.75, 3.05) is 26.7 Å². The van der Waals surface area contributed by atoms with Gasteiger partial charge < -0.3 is 15.3 Å². The number of nitrogens with zero attached hydrogens (tertiary/aromatic N) is 1. The van der Waals surface area contributed by atoms with Crippen molar-refractivity contribution >= 4 is 0 Å². The number of hydrogen-bond acceptors (Lipinski definition) is 3. The van der Waals surface area contributed by atoms with E-state index in [0.29, 0.717) is 12.0 Å². The summed E-state index contributed by atoms with van der Waals surface area (Å²) in [5, 5.41) is 13.0. The zero-order valence-electron chi connectivity index (χ0n) is 12.0. The number of aliphatic hydroxyl groups excluding tert-OH is 1. The Morgan fingerprint density at radius 2 is 2.18 bits per heavy atom. The summed E-state index contributed by atoms with van der Waals surface area (Å²) in [7, 11) is 1.99. The van der Waals surface area contributed by atoms with Gasteiger partial charge in [-0.3, -0.25) is 0 Å². The molecule has 0 heterocycles. The van der Waals surface area contributed by atoms with E-state index < -0.39 is 0 Å². The standard InChI is InChI=1S/C14H30N2O/c1-5-16(12(2)3)10-8-13-7-6-9-14(13,11-17)15-4/h12-13,15,17H,5-11H2,1-4H3. The van der Waals surface area contributed by atoms with Gasteiger partial charge in [-0.2, -0.15) is 0 Å². The van der Waals surface area contributed by atoms with E-state index >= 15 is 0 Å². The molecule has 3 nitrogen and oxygen atoms in total. The predicted octanol–water partition coefficient (Wildman–Crippen LogP) is 1.86. The van der Waals surface area contributed by atoms with Crippen LogP contribution in [0.25, 0.3) is 0 Å². The maximum atomic E-state index is 9.64. The molecular weight excluding hydrogens is 212 g/mol. The first kappa shape index (κ1) is 14.9. The van der Waals surface area contributed by atoms with Crippen LogP contribution in [0.4, 0.5) is 0 Å². The van der Waals surface area contributed by atoms with Crippen molar-refractivity contribution in [1.82, 2.24) is 10.2 Å². The van der Waals surface area contributed by atoms with E-state index in [4.69, 9.17) is 0 Å². The Morgan fingerprint density at radius 3 is 2.65 bits per heavy atom. The van der Waals surface area contributed by atoms with Crippen LogP contribution < -0.4 is 5.32 Å². The van der Waals surface area contributed by atoms with Crippen LogP contribution in [0, 0.1) is 5.92 Å². The molecule has 102 valence electrons. The molecule has 0 amide bonds. The topological polar surface area (TPSA) is 35.5 Å². The lowest BCUT2D eigenvalue weighted by Crippen LogP contribution is -2.50. The molecule has 2 N–H and O–H groups in total. The van der Waals surface area contributed by atoms with Gasteiger partial charge in [0.2, 0.25) is 0 Å². The molecule has 1 aliphatic rings. The Bertz CT molecular complexity index is 214. The molecule has 17 heavy (non-hydrogen) atoms. The van der Waals surface area contributed by atoms with Gasteiger partial charge in [-0.15, -0.1) is 0 Å². The fourth-order valence-corrected chi connectivity index (χ4v) is 3.28. The van der Waals surface area contributed by atoms with E-state index in [2.05, 4.69) is 31.0 Å². The lowest BCUT2D eigenvalue weighted by Gasteiger charge is -2.35. The van der Waals surface area contributed by atoms with Gasteiger partial charge in [-0.1, -0.05) is 13.3 Å². The lowest BCUT2D eigenvalue weighted by atomic mass is 9.85. The fourth-order valence-electron chi connectivity index (χ4n) is 3.28. The van der Waals surface area contributed by atoms with E-state index in [9.17, 15) is 5.11 Å². The van der Waals surface area contributed by atoms with Crippen LogP contribution in [0.15, 0.2) is 0 Å². The Morgan fingerprint density at radius 1 is 1.47 bits per heavy atom. The first-order chi connectivity index (χ1) is 8.09. The SMILES string of the molecule is CCN(CCC1CCCC1(CO)NC)C(C)C. The molecule has 2 atom stereocenters. The number of aliphatic hydroxyl groups is 1. The van der Waals surface area contributed by atoms with Gasteiger partial charge in [0, 0.05) is 11.6 Å². The van der Waals surface area contributed by atoms with Gasteiger partial charge in [0.15, 0.2) is 0 Å². The number of rotatable bonds is 7. The minimum Gasteiger partial charge on any atom is -0.394 e. The number of likely N-dealkylation sites (N-methyl/N-ethyl adjacent to an activating group) is 1. The van der Waals surface area contributed by atoms with Crippen molar-refractivity contribution in [1.29, 1.82) is 0 Å². The smallest absolute Gasteiger partial charge is 0.0615 e. The molecule has 1 rings (SSSR count). The number of hydrogen-bond donors (Lipinski definition) is 2. The first-order valence-corrected chi connectivity index (χ1v) is 7.13. The third kappa shape index (κ3) is 3.43. The van der Waals surface area contributed by atoms with Gasteiger partial charge in [0.25, 0.3) is 0 Å². The molecule has 1 aliphatic carbocycles. The molecule has 2 unspecified atom stereocenters. The summed E-state index contributed by atoms with van der Waals surface area (Å²) >= 11 is 0. The second-order valence-corrected chi connectivity index (χ2v) is 5.66. The molecule has 0 spiro atoms. The lowest BCUT2D eigenvalue weighted by molar-refractivity contribution is 0.114. The Balaban J connectivity index is 2.50. The highest BCUT2D eigenvalue weighted by atomic mass is 16.3. The second kappa shape index (κ2) is 6.72. The summed E-state index contributed by atoms with van der Waals surface area (Å²) in [5.41, 5.74) is -0.00358. The summed E-state index contributed by atoms with van der Waals surface area (Å²) in [6.07, 6.45) is 4.84. The van der Waals surface area contributed by atoms with Crippen LogP contribution in [0.2, 0.25) is 0 Å². The Labute approximate surface area is 107 Å². The van der Waals surface area contributed by atoms with Crippen LogP contribution in [-0.4, -0.2) is 48.3 Å². The summed E-state index contributed by atoms with van der Waals surface area (Å²) in [6.45, 7) is 9.30. The summed E-state index contributed by atoms with van der Waals surface area (Å²) < 4.78 is 0. The molecule has 0 aromatic carbocycles. The monoisotopic (exact) mass is 242 g/mol. The molecule has 0 radical (unpaired) electrons. The summed E-state index contributed by atoms with van der Waals surface area (Å²) in [4.78, 5) is 2.51. The van der Waals surface area contributed by atoms with Gasteiger partial charge in [0.1, 0.15) is 0 Å². The minimum atomic E-state index is -0.00358. The molecule has 0 aromatic rings. The molecule has 0 saturated heterocycles. The van der Waals surface area contributed by atoms with Crippen molar-refractivity contribution in [3.05, 3.63) is 0 Å². The molecule has 0 bridgehead atoms. The Hall–Kier alpha value is -0.120. The fraction of sp³-hybridized carbons (Fsp3) is 1.00. The molecule has 0 aliphatic heterocycles. The average molecular weight is 242 g/mol. The predicted molar refractivity (Wildman–Crippen MR) is 73.2 cm³/mol. The van der Waals surface area contributed by atoms with E-state index in [1.807, 2.05) is 7.05 Å². The van der Waals surface area contributed by atoms with E-state index in [0.717, 1.165) is 19.5 Å². The van der Waals surface area contributed by atoms with Crippen molar-refractivity contribution < 1.29 is 5.11 Å². The second-order valence-electron chi connectivity index (χ2n) is 5.66. The summed E-state index contributed by atoms with van der Waals surface area (Å²) in [5.74, 6) is 0.630. The van der Waals surface area contributed by atoms with Crippen LogP contribution in [-0.2, 0) is 0 Å². The molecule has 1 saturated carbocycles. The molecule has 3 heteroatoms. The zero-order chi connectivity index (χ0) is 12.9. The normalized spacial score (nSPS) is 29.5. The van der Waals surface area contributed by atoms with Crippen molar-refractivity contribution in [3.8, 4) is 0 Å². The molecule has 0 aromatic heterocycles. The van der Waals surface area contributed by atoms with E-state index in [1.54, 1.807) is 0 Å². The highest BCUT2D eigenvalue weighted by molar-refractivity contribution is 4.98. The maximum Gasteiger partial charge on any atom is 0.0615 e. The first-order valence-electron chi connectivity index (χ1n) is 7.13. The van der Waals surface area contributed by atoms with Crippen LogP contribution >= 0.6 is 0 Å². The minimum absolute atomic E-state index is 0.00358. The van der Waals surface area contributed by atoms with Crippen molar-refractivity contribution in [3.63, 3.8) is 0 Å². The third-order valence-corrected chi connectivity index (χ3v) is 4.64. The third-order valence-electron chi connectivity index (χ3n) is 4.64. The van der Waals surface area contributed by atoms with Crippen LogP contribution in [0.3, 0.4) is 0 Å². The van der Waals surface area contributed by atoms with Crippen LogP contribution in [0.5, 0.6) is 0 Å². The molecular formula is C14H30N2O. The number of nitrogens with one attached hydrogen (secondary N) is 1. The highest BCUT2D eigenvalue weighted by Gasteiger charge is 2.40. The van der Waals surface area contributed by atoms with Crippen molar-refractivity contribution in [2.45, 2.75) is 58.0 Å². The largest absolute Gasteiger partial charge is 0.394 e. The van der Waals surface area contributed by atoms with Gasteiger partial charge in [-0.25, -0.2) is 0 Å². The average Bonchev–Trinajstić information content (AvgIpc) is 2.73. The van der Waals surface area contributed by atoms with Gasteiger partial charge in [-0.05, 0) is 59.2 Å². The highest BCUT2D eigenvalue weighted by Crippen LogP contribution is 2.37. The van der Waals surface area contributed by atoms with Gasteiger partial charge >= 0.3 is 0 Å². The van der Waals surface area contributed by atoms with Crippen LogP contribution in [0.1, 0.15) is 46.5 Å².